The molecule has 1 amide bonds. The van der Waals surface area contributed by atoms with Crippen molar-refractivity contribution in [1.29, 1.82) is 0 Å². The number of hydrogen-bond donors (Lipinski definition) is 0. The smallest absolute Gasteiger partial charge is 0.410 e. The van der Waals surface area contributed by atoms with E-state index in [2.05, 4.69) is 4.28 Å². The summed E-state index contributed by atoms with van der Waals surface area (Å²) in [4.78, 5) is 13.7. The third-order valence-corrected chi connectivity index (χ3v) is 3.45. The van der Waals surface area contributed by atoms with Gasteiger partial charge in [-0.15, -0.1) is 0 Å². The average molecular weight is 327 g/mol. The number of rotatable bonds is 3. The monoisotopic (exact) mass is 327 g/mol. The Balaban J connectivity index is 2.08. The molecule has 1 atom stereocenters. The maximum atomic E-state index is 12.1. The van der Waals surface area contributed by atoms with E-state index in [-0.39, 0.29) is 6.09 Å². The number of anilines is 1. The zero-order valence-electron chi connectivity index (χ0n) is 13.0. The third kappa shape index (κ3) is 4.19. The van der Waals surface area contributed by atoms with Gasteiger partial charge < -0.3 is 9.29 Å². The minimum atomic E-state index is -2.63. The second-order valence-electron chi connectivity index (χ2n) is 6.07. The number of fused-ring (bicyclic) bond motifs is 1. The molecular weight excluding hydrogens is 308 g/mol. The van der Waals surface area contributed by atoms with Gasteiger partial charge in [0.1, 0.15) is 17.0 Å². The molecule has 0 fully saturated rings. The summed E-state index contributed by atoms with van der Waals surface area (Å²) in [6.45, 7) is 6.36. The Morgan fingerprint density at radius 3 is 2.55 bits per heavy atom. The normalized spacial score (nSPS) is 15.4. The molecular formula is C14H19N2O5S-. The summed E-state index contributed by atoms with van der Waals surface area (Å²) in [5.74, 6) is 0. The van der Waals surface area contributed by atoms with E-state index in [9.17, 15) is 13.6 Å². The van der Waals surface area contributed by atoms with E-state index in [1.807, 2.05) is 26.8 Å². The molecule has 7 nitrogen and oxygen atoms in total. The van der Waals surface area contributed by atoms with Crippen molar-refractivity contribution < 1.29 is 22.6 Å². The van der Waals surface area contributed by atoms with Crippen LogP contribution in [-0.2, 0) is 33.5 Å². The van der Waals surface area contributed by atoms with Crippen molar-refractivity contribution >= 4 is 23.1 Å². The van der Waals surface area contributed by atoms with Crippen LogP contribution >= 0.6 is 0 Å². The van der Waals surface area contributed by atoms with Crippen LogP contribution < -0.4 is 5.06 Å². The van der Waals surface area contributed by atoms with Crippen LogP contribution in [0.2, 0.25) is 0 Å². The fourth-order valence-corrected chi connectivity index (χ4v) is 2.44. The van der Waals surface area contributed by atoms with Gasteiger partial charge in [0.2, 0.25) is 0 Å². The van der Waals surface area contributed by atoms with Crippen molar-refractivity contribution in [2.24, 2.45) is 0 Å². The van der Waals surface area contributed by atoms with Crippen LogP contribution in [0.3, 0.4) is 0 Å². The molecule has 1 aliphatic heterocycles. The van der Waals surface area contributed by atoms with Gasteiger partial charge in [0, 0.05) is 20.1 Å². The van der Waals surface area contributed by atoms with E-state index in [1.165, 1.54) is 7.05 Å². The summed E-state index contributed by atoms with van der Waals surface area (Å²) in [5, 5.41) is 1.15. The van der Waals surface area contributed by atoms with Crippen LogP contribution in [0.1, 0.15) is 31.9 Å². The number of carbonyl (C=O) groups is 1. The molecule has 1 heterocycles. The minimum Gasteiger partial charge on any atom is -0.748 e. The van der Waals surface area contributed by atoms with E-state index in [0.29, 0.717) is 18.8 Å². The summed E-state index contributed by atoms with van der Waals surface area (Å²) in [6.07, 6.45) is -0.365. The standard InChI is InChI=1S/C14H20N2O5S/c1-14(2,3)20-13(17)16-8-10-5-6-12(7-11(10)9-16)15(4)21-22(18)19/h5-7H,8-9H2,1-4H3,(H,18,19)/p-1. The predicted molar refractivity (Wildman–Crippen MR) is 80.3 cm³/mol. The van der Waals surface area contributed by atoms with Crippen LogP contribution in [0.5, 0.6) is 0 Å². The number of hydrogen-bond acceptors (Lipinski definition) is 6. The highest BCUT2D eigenvalue weighted by molar-refractivity contribution is 7.74. The van der Waals surface area contributed by atoms with Crippen molar-refractivity contribution in [2.45, 2.75) is 39.5 Å². The highest BCUT2D eigenvalue weighted by Crippen LogP contribution is 2.28. The van der Waals surface area contributed by atoms with E-state index in [4.69, 9.17) is 4.74 Å². The van der Waals surface area contributed by atoms with Crippen molar-refractivity contribution in [1.82, 2.24) is 4.90 Å². The second-order valence-corrected chi connectivity index (χ2v) is 6.62. The maximum Gasteiger partial charge on any atom is 0.410 e. The predicted octanol–water partition coefficient (Wildman–Crippen LogP) is 2.10. The first-order chi connectivity index (χ1) is 10.2. The lowest BCUT2D eigenvalue weighted by Gasteiger charge is -2.24. The van der Waals surface area contributed by atoms with Crippen molar-refractivity contribution in [3.8, 4) is 0 Å². The van der Waals surface area contributed by atoms with Gasteiger partial charge in [0.25, 0.3) is 0 Å². The minimum absolute atomic E-state index is 0.365. The number of benzene rings is 1. The number of ether oxygens (including phenoxy) is 1. The average Bonchev–Trinajstić information content (AvgIpc) is 2.78. The first kappa shape index (κ1) is 16.7. The lowest BCUT2D eigenvalue weighted by Crippen LogP contribution is -2.33. The molecule has 122 valence electrons. The summed E-state index contributed by atoms with van der Waals surface area (Å²) in [6, 6.07) is 5.39. The van der Waals surface area contributed by atoms with Crippen molar-refractivity contribution in [2.75, 3.05) is 12.1 Å². The molecule has 0 aromatic heterocycles. The van der Waals surface area contributed by atoms with Gasteiger partial charge in [-0.2, -0.15) is 4.28 Å². The quantitative estimate of drug-likeness (QED) is 0.624. The molecule has 0 saturated heterocycles. The number of nitrogens with zero attached hydrogens (tertiary/aromatic N) is 2. The van der Waals surface area contributed by atoms with Gasteiger partial charge in [-0.25, -0.2) is 14.1 Å². The second kappa shape index (κ2) is 6.23. The fourth-order valence-electron chi connectivity index (χ4n) is 2.17. The zero-order valence-corrected chi connectivity index (χ0v) is 13.8. The Kier molecular flexibility index (Phi) is 4.74. The topological polar surface area (TPSA) is 82.1 Å². The number of hydroxylamine groups is 1. The Morgan fingerprint density at radius 2 is 1.95 bits per heavy atom. The van der Waals surface area contributed by atoms with Crippen LogP contribution in [0.4, 0.5) is 10.5 Å². The molecule has 2 rings (SSSR count). The molecule has 0 radical (unpaired) electrons. The highest BCUT2D eigenvalue weighted by atomic mass is 32.2. The first-order valence-corrected chi connectivity index (χ1v) is 7.77. The summed E-state index contributed by atoms with van der Waals surface area (Å²) < 4.78 is 31.0. The highest BCUT2D eigenvalue weighted by Gasteiger charge is 2.28. The molecule has 1 unspecified atom stereocenters. The van der Waals surface area contributed by atoms with Gasteiger partial charge in [-0.1, -0.05) is 6.07 Å². The maximum absolute atomic E-state index is 12.1. The molecule has 22 heavy (non-hydrogen) atoms. The van der Waals surface area contributed by atoms with E-state index in [0.717, 1.165) is 16.2 Å². The van der Waals surface area contributed by atoms with E-state index < -0.39 is 17.0 Å². The zero-order chi connectivity index (χ0) is 16.5. The third-order valence-electron chi connectivity index (χ3n) is 3.10. The number of amides is 1. The van der Waals surface area contributed by atoms with Crippen molar-refractivity contribution in [3.05, 3.63) is 29.3 Å². The van der Waals surface area contributed by atoms with Crippen LogP contribution in [-0.4, -0.2) is 32.4 Å². The van der Waals surface area contributed by atoms with Crippen LogP contribution in [0.25, 0.3) is 0 Å². The summed E-state index contributed by atoms with van der Waals surface area (Å²) in [5.41, 5.74) is 2.00. The summed E-state index contributed by atoms with van der Waals surface area (Å²) in [7, 11) is 1.50. The van der Waals surface area contributed by atoms with E-state index >= 15 is 0 Å². The SMILES string of the molecule is CN(OS(=O)[O-])c1ccc2c(c1)CN(C(=O)OC(C)(C)C)C2. The first-order valence-electron chi connectivity index (χ1n) is 6.77. The Labute approximate surface area is 132 Å². The lowest BCUT2D eigenvalue weighted by molar-refractivity contribution is 0.0242. The molecule has 8 heteroatoms. The molecule has 1 aliphatic rings. The number of carbonyl (C=O) groups excluding carboxylic acids is 1. The fraction of sp³-hybridized carbons (Fsp3) is 0.500. The van der Waals surface area contributed by atoms with Gasteiger partial charge >= 0.3 is 6.09 Å². The Morgan fingerprint density at radius 1 is 1.32 bits per heavy atom. The Bertz CT molecular complexity index is 599. The van der Waals surface area contributed by atoms with Gasteiger partial charge in [0.15, 0.2) is 0 Å². The van der Waals surface area contributed by atoms with Gasteiger partial charge in [0.05, 0.1) is 5.69 Å². The molecule has 1 aromatic carbocycles. The van der Waals surface area contributed by atoms with Crippen LogP contribution in [0.15, 0.2) is 18.2 Å². The molecule has 0 aliphatic carbocycles. The molecule has 0 spiro atoms. The van der Waals surface area contributed by atoms with Gasteiger partial charge in [-0.05, 0) is 44.0 Å². The summed E-state index contributed by atoms with van der Waals surface area (Å²) >= 11 is -2.63. The molecule has 0 N–H and O–H groups in total. The van der Waals surface area contributed by atoms with Crippen LogP contribution in [0, 0.1) is 0 Å². The molecule has 0 saturated carbocycles. The van der Waals surface area contributed by atoms with Gasteiger partial charge in [-0.3, -0.25) is 4.90 Å². The Hall–Kier alpha value is -1.64. The molecule has 1 aromatic rings. The lowest BCUT2D eigenvalue weighted by atomic mass is 10.1. The molecule has 0 bridgehead atoms. The van der Waals surface area contributed by atoms with Crippen molar-refractivity contribution in [3.63, 3.8) is 0 Å². The van der Waals surface area contributed by atoms with E-state index in [1.54, 1.807) is 17.0 Å². The largest absolute Gasteiger partial charge is 0.748 e.